The van der Waals surface area contributed by atoms with Gasteiger partial charge in [-0.15, -0.1) is 0 Å². The van der Waals surface area contributed by atoms with Crippen molar-refractivity contribution in [2.45, 2.75) is 83.3 Å². The third-order valence-electron chi connectivity index (χ3n) is 8.05. The minimum Gasteiger partial charge on any atom is -0.444 e. The average molecular weight is 575 g/mol. The lowest BCUT2D eigenvalue weighted by Gasteiger charge is -2.47. The van der Waals surface area contributed by atoms with Crippen LogP contribution in [0, 0.1) is 0 Å². The molecule has 41 heavy (non-hydrogen) atoms. The van der Waals surface area contributed by atoms with E-state index in [1.807, 2.05) is 63.2 Å². The third-order valence-corrected chi connectivity index (χ3v) is 13.1. The molecule has 7 nitrogen and oxygen atoms in total. The first-order valence-corrected chi connectivity index (χ1v) is 16.3. The van der Waals surface area contributed by atoms with Crippen molar-refractivity contribution in [2.75, 3.05) is 6.61 Å². The molecule has 5 rings (SSSR count). The summed E-state index contributed by atoms with van der Waals surface area (Å²) in [6.45, 7) is 13.1. The Morgan fingerprint density at radius 2 is 1.39 bits per heavy atom. The standard InChI is InChI=1S/C33H42N2O5Si/c1-24-29-30(40-33(5,6)39-29)28(34-35(24)31(36)37-22-25-16-10-7-11-17-25)23-38-41(32(2,3)4,26-18-12-8-13-19-26)27-20-14-9-15-21-27/h7-21,24,28-30,34H,22-23H2,1-6H3/t24-,28+,29-,30+/m1/s1. The zero-order valence-corrected chi connectivity index (χ0v) is 25.9. The lowest BCUT2D eigenvalue weighted by atomic mass is 9.98. The maximum atomic E-state index is 13.4. The Morgan fingerprint density at radius 1 is 0.878 bits per heavy atom. The fraction of sp³-hybridized carbons (Fsp3) is 0.424. The lowest BCUT2D eigenvalue weighted by Crippen LogP contribution is -2.71. The molecule has 8 heteroatoms. The fourth-order valence-electron chi connectivity index (χ4n) is 6.13. The third kappa shape index (κ3) is 5.98. The molecule has 2 fully saturated rings. The number of nitrogens with zero attached hydrogens (tertiary/aromatic N) is 1. The molecule has 0 radical (unpaired) electrons. The van der Waals surface area contributed by atoms with Crippen LogP contribution in [0.4, 0.5) is 4.79 Å². The quantitative estimate of drug-likeness (QED) is 0.401. The molecule has 0 saturated carbocycles. The van der Waals surface area contributed by atoms with Crippen molar-refractivity contribution in [3.8, 4) is 0 Å². The van der Waals surface area contributed by atoms with Crippen LogP contribution in [0.1, 0.15) is 47.1 Å². The minimum absolute atomic E-state index is 0.183. The van der Waals surface area contributed by atoms with Gasteiger partial charge in [0.1, 0.15) is 18.8 Å². The maximum Gasteiger partial charge on any atom is 0.424 e. The summed E-state index contributed by atoms with van der Waals surface area (Å²) in [6, 6.07) is 30.1. The SMILES string of the molecule is C[C@@H]1[C@H]2OC(C)(C)O[C@H]2[C@H](CO[Si](c2ccccc2)(c2ccccc2)C(C)(C)C)NN1C(=O)OCc1ccccc1. The number of benzene rings is 3. The molecular formula is C33H42N2O5Si. The topological polar surface area (TPSA) is 69.3 Å². The molecule has 0 bridgehead atoms. The molecule has 1 amide bonds. The van der Waals surface area contributed by atoms with Gasteiger partial charge in [-0.1, -0.05) is 112 Å². The van der Waals surface area contributed by atoms with Crippen LogP contribution in [0.25, 0.3) is 0 Å². The number of rotatable bonds is 7. The summed E-state index contributed by atoms with van der Waals surface area (Å²) in [5.41, 5.74) is 4.35. The minimum atomic E-state index is -2.81. The number of nitrogens with one attached hydrogen (secondary N) is 1. The molecule has 2 heterocycles. The summed E-state index contributed by atoms with van der Waals surface area (Å²) >= 11 is 0. The van der Waals surface area contributed by atoms with Crippen molar-refractivity contribution in [3.63, 3.8) is 0 Å². The summed E-state index contributed by atoms with van der Waals surface area (Å²) in [5, 5.41) is 3.76. The molecule has 1 N–H and O–H groups in total. The van der Waals surface area contributed by atoms with Crippen molar-refractivity contribution in [1.29, 1.82) is 0 Å². The molecule has 0 unspecified atom stereocenters. The van der Waals surface area contributed by atoms with Gasteiger partial charge in [-0.2, -0.15) is 0 Å². The van der Waals surface area contributed by atoms with Gasteiger partial charge in [0.05, 0.1) is 18.7 Å². The Labute approximate surface area is 244 Å². The van der Waals surface area contributed by atoms with Gasteiger partial charge in [-0.25, -0.2) is 15.2 Å². The largest absolute Gasteiger partial charge is 0.444 e. The van der Waals surface area contributed by atoms with Crippen molar-refractivity contribution >= 4 is 24.8 Å². The van der Waals surface area contributed by atoms with Gasteiger partial charge in [0.15, 0.2) is 5.79 Å². The van der Waals surface area contributed by atoms with E-state index in [4.69, 9.17) is 18.6 Å². The van der Waals surface area contributed by atoms with Gasteiger partial charge in [0.2, 0.25) is 0 Å². The second-order valence-electron chi connectivity index (χ2n) is 12.4. The first kappa shape index (κ1) is 29.5. The van der Waals surface area contributed by atoms with Crippen LogP contribution in [0.3, 0.4) is 0 Å². The second-order valence-corrected chi connectivity index (χ2v) is 16.7. The predicted molar refractivity (Wildman–Crippen MR) is 162 cm³/mol. The lowest BCUT2D eigenvalue weighted by molar-refractivity contribution is -0.148. The van der Waals surface area contributed by atoms with Gasteiger partial charge in [-0.3, -0.25) is 0 Å². The van der Waals surface area contributed by atoms with Crippen LogP contribution < -0.4 is 15.8 Å². The molecule has 218 valence electrons. The van der Waals surface area contributed by atoms with Gasteiger partial charge < -0.3 is 18.6 Å². The van der Waals surface area contributed by atoms with Gasteiger partial charge in [0.25, 0.3) is 8.32 Å². The second kappa shape index (κ2) is 11.7. The van der Waals surface area contributed by atoms with E-state index in [-0.39, 0.29) is 35.9 Å². The van der Waals surface area contributed by atoms with E-state index in [2.05, 4.69) is 74.7 Å². The number of hydrogen-bond acceptors (Lipinski definition) is 6. The predicted octanol–water partition coefficient (Wildman–Crippen LogP) is 5.00. The maximum absolute atomic E-state index is 13.4. The number of hydrazine groups is 1. The molecule has 2 aliphatic heterocycles. The Balaban J connectivity index is 1.45. The van der Waals surface area contributed by atoms with Crippen LogP contribution in [-0.2, 0) is 25.2 Å². The molecule has 3 aromatic rings. The number of amides is 1. The van der Waals surface area contributed by atoms with Crippen molar-refractivity contribution < 1.29 is 23.4 Å². The smallest absolute Gasteiger partial charge is 0.424 e. The molecule has 0 spiro atoms. The fourth-order valence-corrected chi connectivity index (χ4v) is 10.7. The Bertz CT molecular complexity index is 1260. The number of ether oxygens (including phenoxy) is 3. The number of carbonyl (C=O) groups excluding carboxylic acids is 1. The van der Waals surface area contributed by atoms with E-state index in [9.17, 15) is 4.79 Å². The summed E-state index contributed by atoms with van der Waals surface area (Å²) in [7, 11) is -2.81. The average Bonchev–Trinajstić information content (AvgIpc) is 3.30. The normalized spacial score (nSPS) is 24.1. The molecule has 4 atom stereocenters. The summed E-state index contributed by atoms with van der Waals surface area (Å²) in [5.74, 6) is -0.787. The van der Waals surface area contributed by atoms with Gasteiger partial charge in [-0.05, 0) is 41.7 Å². The van der Waals surface area contributed by atoms with Crippen LogP contribution in [-0.4, -0.2) is 56.1 Å². The van der Waals surface area contributed by atoms with E-state index < -0.39 is 20.2 Å². The Morgan fingerprint density at radius 3 is 1.93 bits per heavy atom. The molecule has 2 saturated heterocycles. The van der Waals surface area contributed by atoms with E-state index in [0.29, 0.717) is 6.61 Å². The summed E-state index contributed by atoms with van der Waals surface area (Å²) in [6.07, 6.45) is -1.11. The summed E-state index contributed by atoms with van der Waals surface area (Å²) in [4.78, 5) is 13.4. The van der Waals surface area contributed by atoms with Crippen molar-refractivity contribution in [3.05, 3.63) is 96.6 Å². The first-order valence-electron chi connectivity index (χ1n) is 14.4. The molecule has 0 aliphatic carbocycles. The van der Waals surface area contributed by atoms with E-state index in [1.165, 1.54) is 10.4 Å². The highest BCUT2D eigenvalue weighted by Crippen LogP contribution is 2.39. The Hall–Kier alpha value is -3.01. The van der Waals surface area contributed by atoms with E-state index >= 15 is 0 Å². The number of carbonyl (C=O) groups is 1. The van der Waals surface area contributed by atoms with Crippen molar-refractivity contribution in [2.24, 2.45) is 0 Å². The monoisotopic (exact) mass is 574 g/mol. The van der Waals surface area contributed by atoms with Crippen LogP contribution >= 0.6 is 0 Å². The van der Waals surface area contributed by atoms with E-state index in [1.54, 1.807) is 5.01 Å². The Kier molecular flexibility index (Phi) is 8.41. The molecule has 3 aromatic carbocycles. The molecule has 2 aliphatic rings. The van der Waals surface area contributed by atoms with Gasteiger partial charge >= 0.3 is 6.09 Å². The first-order chi connectivity index (χ1) is 19.5. The van der Waals surface area contributed by atoms with Gasteiger partial charge in [0, 0.05) is 0 Å². The zero-order valence-electron chi connectivity index (χ0n) is 24.9. The van der Waals surface area contributed by atoms with Crippen LogP contribution in [0.2, 0.25) is 5.04 Å². The highest BCUT2D eigenvalue weighted by atomic mass is 28.4. The number of fused-ring (bicyclic) bond motifs is 1. The molecular weight excluding hydrogens is 532 g/mol. The van der Waals surface area contributed by atoms with Crippen LogP contribution in [0.15, 0.2) is 91.0 Å². The highest BCUT2D eigenvalue weighted by Gasteiger charge is 2.56. The zero-order chi connectivity index (χ0) is 29.3. The molecule has 0 aromatic heterocycles. The van der Waals surface area contributed by atoms with Crippen LogP contribution in [0.5, 0.6) is 0 Å². The highest BCUT2D eigenvalue weighted by molar-refractivity contribution is 6.99. The summed E-state index contributed by atoms with van der Waals surface area (Å²) < 4.78 is 25.7. The van der Waals surface area contributed by atoms with E-state index in [0.717, 1.165) is 5.56 Å². The van der Waals surface area contributed by atoms with Crippen molar-refractivity contribution in [1.82, 2.24) is 10.4 Å². The number of hydrogen-bond donors (Lipinski definition) is 1.